The number of nitrogens with zero attached hydrogens (tertiary/aromatic N) is 1. The van der Waals surface area contributed by atoms with Gasteiger partial charge in [-0.15, -0.1) is 0 Å². The van der Waals surface area contributed by atoms with Gasteiger partial charge in [-0.3, -0.25) is 10.1 Å². The van der Waals surface area contributed by atoms with Crippen molar-refractivity contribution in [2.75, 3.05) is 0 Å². The van der Waals surface area contributed by atoms with Gasteiger partial charge in [-0.2, -0.15) is 0 Å². The lowest BCUT2D eigenvalue weighted by molar-refractivity contribution is -0.520. The van der Waals surface area contributed by atoms with Gasteiger partial charge in [-0.05, 0) is 31.3 Å². The van der Waals surface area contributed by atoms with E-state index in [4.69, 9.17) is 4.43 Å². The first-order chi connectivity index (χ1) is 11.8. The molecule has 25 heavy (non-hydrogen) atoms. The van der Waals surface area contributed by atoms with Crippen LogP contribution in [0.3, 0.4) is 0 Å². The largest absolute Gasteiger partial charge is 0.544 e. The third kappa shape index (κ3) is 5.57. The molecule has 0 bridgehead atoms. The van der Waals surface area contributed by atoms with Crippen molar-refractivity contribution in [1.82, 2.24) is 0 Å². The molecule has 0 aliphatic rings. The number of nitro groups is 1. The van der Waals surface area contributed by atoms with Crippen molar-refractivity contribution >= 4 is 14.1 Å². The average Bonchev–Trinajstić information content (AvgIpc) is 2.58. The third-order valence-corrected chi connectivity index (χ3v) is 4.67. The maximum atomic E-state index is 11.5. The van der Waals surface area contributed by atoms with Crippen LogP contribution in [0.15, 0.2) is 66.7 Å². The van der Waals surface area contributed by atoms with Gasteiger partial charge in [-0.1, -0.05) is 60.7 Å². The Morgan fingerprint density at radius 1 is 1.04 bits per heavy atom. The summed E-state index contributed by atoms with van der Waals surface area (Å²) in [6.07, 6.45) is 1.91. The Kier molecular flexibility index (Phi) is 6.15. The van der Waals surface area contributed by atoms with Crippen LogP contribution in [-0.4, -0.2) is 19.3 Å². The fraction of sp³-hybridized carbons (Fsp3) is 0.300. The van der Waals surface area contributed by atoms with Gasteiger partial charge in [0.25, 0.3) is 0 Å². The van der Waals surface area contributed by atoms with E-state index in [2.05, 4.69) is 19.6 Å². The van der Waals surface area contributed by atoms with Gasteiger partial charge in [0.05, 0.1) is 5.92 Å². The molecule has 2 atom stereocenters. The average molecular weight is 356 g/mol. The molecule has 0 aliphatic carbocycles. The summed E-state index contributed by atoms with van der Waals surface area (Å²) in [5, 5.41) is 11.5. The highest BCUT2D eigenvalue weighted by molar-refractivity contribution is 6.70. The van der Waals surface area contributed by atoms with Crippen molar-refractivity contribution in [2.24, 2.45) is 0 Å². The van der Waals surface area contributed by atoms with E-state index in [0.29, 0.717) is 0 Å². The van der Waals surface area contributed by atoms with Crippen molar-refractivity contribution in [3.8, 4) is 0 Å². The van der Waals surface area contributed by atoms with Crippen LogP contribution in [0, 0.1) is 10.1 Å². The van der Waals surface area contributed by atoms with Crippen LogP contribution in [0.1, 0.15) is 24.0 Å². The topological polar surface area (TPSA) is 52.4 Å². The first kappa shape index (κ1) is 18.9. The predicted octanol–water partition coefficient (Wildman–Crippen LogP) is 5.33. The maximum absolute atomic E-state index is 11.5. The number of rotatable bonds is 7. The summed E-state index contributed by atoms with van der Waals surface area (Å²) in [7, 11) is -1.87. The quantitative estimate of drug-likeness (QED) is 0.292. The second kappa shape index (κ2) is 8.12. The molecule has 2 aromatic rings. The Morgan fingerprint density at radius 2 is 1.56 bits per heavy atom. The van der Waals surface area contributed by atoms with Crippen LogP contribution in [0.4, 0.5) is 0 Å². The molecule has 132 valence electrons. The van der Waals surface area contributed by atoms with E-state index in [9.17, 15) is 10.1 Å². The molecule has 0 fully saturated rings. The molecule has 0 radical (unpaired) electrons. The van der Waals surface area contributed by atoms with E-state index >= 15 is 0 Å². The SMILES string of the molecule is CC(C(/C=C(\O[Si](C)(C)C)c1ccccc1)c1ccccc1)[N+](=O)[O-]. The monoisotopic (exact) mass is 355 g/mol. The summed E-state index contributed by atoms with van der Waals surface area (Å²) in [6, 6.07) is 18.6. The first-order valence-electron chi connectivity index (χ1n) is 8.42. The van der Waals surface area contributed by atoms with Crippen molar-refractivity contribution in [3.05, 3.63) is 88.0 Å². The first-order valence-corrected chi connectivity index (χ1v) is 11.8. The van der Waals surface area contributed by atoms with Crippen LogP contribution < -0.4 is 0 Å². The van der Waals surface area contributed by atoms with E-state index in [1.807, 2.05) is 66.7 Å². The van der Waals surface area contributed by atoms with E-state index in [0.717, 1.165) is 16.9 Å². The fourth-order valence-electron chi connectivity index (χ4n) is 2.60. The fourth-order valence-corrected chi connectivity index (χ4v) is 3.45. The van der Waals surface area contributed by atoms with Crippen molar-refractivity contribution in [1.29, 1.82) is 0 Å². The molecule has 0 aromatic heterocycles. The zero-order valence-corrected chi connectivity index (χ0v) is 16.2. The second-order valence-electron chi connectivity index (χ2n) is 7.07. The van der Waals surface area contributed by atoms with Crippen LogP contribution in [-0.2, 0) is 4.43 Å². The minimum Gasteiger partial charge on any atom is -0.544 e. The molecule has 0 saturated heterocycles. The van der Waals surface area contributed by atoms with Crippen molar-refractivity contribution in [2.45, 2.75) is 38.5 Å². The Bertz CT molecular complexity index is 724. The molecule has 4 nitrogen and oxygen atoms in total. The van der Waals surface area contributed by atoms with E-state index in [1.54, 1.807) is 6.92 Å². The maximum Gasteiger partial charge on any atom is 0.242 e. The molecular weight excluding hydrogens is 330 g/mol. The summed E-state index contributed by atoms with van der Waals surface area (Å²) in [5.74, 6) is 0.366. The van der Waals surface area contributed by atoms with E-state index < -0.39 is 14.4 Å². The molecule has 0 heterocycles. The molecule has 2 rings (SSSR count). The van der Waals surface area contributed by atoms with Gasteiger partial charge in [-0.25, -0.2) is 0 Å². The lowest BCUT2D eigenvalue weighted by atomic mass is 9.91. The number of hydrogen-bond acceptors (Lipinski definition) is 3. The van der Waals surface area contributed by atoms with Crippen LogP contribution >= 0.6 is 0 Å². The Balaban J connectivity index is 2.53. The van der Waals surface area contributed by atoms with Crippen molar-refractivity contribution < 1.29 is 9.35 Å². The number of benzene rings is 2. The molecule has 0 saturated carbocycles. The van der Waals surface area contributed by atoms with Gasteiger partial charge in [0.15, 0.2) is 0 Å². The lowest BCUT2D eigenvalue weighted by Gasteiger charge is -2.24. The standard InChI is InChI=1S/C20H25NO3Si/c1-16(21(22)23)19(17-11-7-5-8-12-17)15-20(24-25(2,3)4)18-13-9-6-10-14-18/h5-16,19H,1-4H3/b20-15-. The smallest absolute Gasteiger partial charge is 0.242 e. The molecule has 0 N–H and O–H groups in total. The zero-order valence-electron chi connectivity index (χ0n) is 15.2. The highest BCUT2D eigenvalue weighted by Gasteiger charge is 2.28. The van der Waals surface area contributed by atoms with Gasteiger partial charge < -0.3 is 4.43 Å². The van der Waals surface area contributed by atoms with Gasteiger partial charge >= 0.3 is 0 Å². The van der Waals surface area contributed by atoms with Gasteiger partial charge in [0.1, 0.15) is 5.76 Å². The van der Waals surface area contributed by atoms with Crippen LogP contribution in [0.5, 0.6) is 0 Å². The van der Waals surface area contributed by atoms with Crippen LogP contribution in [0.2, 0.25) is 19.6 Å². The lowest BCUT2D eigenvalue weighted by Crippen LogP contribution is -2.26. The molecule has 2 unspecified atom stereocenters. The highest BCUT2D eigenvalue weighted by Crippen LogP contribution is 2.30. The molecular formula is C20H25NO3Si. The van der Waals surface area contributed by atoms with Gasteiger partial charge in [0.2, 0.25) is 14.4 Å². The summed E-state index contributed by atoms with van der Waals surface area (Å²) < 4.78 is 6.28. The van der Waals surface area contributed by atoms with E-state index in [-0.39, 0.29) is 10.8 Å². The summed E-state index contributed by atoms with van der Waals surface area (Å²) >= 11 is 0. The normalized spacial score (nSPS) is 14.6. The predicted molar refractivity (Wildman–Crippen MR) is 104 cm³/mol. The summed E-state index contributed by atoms with van der Waals surface area (Å²) in [6.45, 7) is 7.97. The Labute approximate surface area is 150 Å². The van der Waals surface area contributed by atoms with Crippen LogP contribution in [0.25, 0.3) is 5.76 Å². The molecule has 5 heteroatoms. The minimum absolute atomic E-state index is 0.231. The molecule has 0 amide bonds. The highest BCUT2D eigenvalue weighted by atomic mass is 28.4. The molecule has 0 aliphatic heterocycles. The summed E-state index contributed by atoms with van der Waals surface area (Å²) in [5.41, 5.74) is 1.86. The molecule has 2 aromatic carbocycles. The van der Waals surface area contributed by atoms with E-state index in [1.165, 1.54) is 0 Å². The second-order valence-corrected chi connectivity index (χ2v) is 11.5. The third-order valence-electron chi connectivity index (χ3n) is 3.84. The van der Waals surface area contributed by atoms with Gasteiger partial charge in [0, 0.05) is 17.4 Å². The molecule has 0 spiro atoms. The number of hydrogen-bond donors (Lipinski definition) is 0. The summed E-state index contributed by atoms with van der Waals surface area (Å²) in [4.78, 5) is 11.2. The minimum atomic E-state index is -1.87. The zero-order chi connectivity index (χ0) is 18.4. The van der Waals surface area contributed by atoms with Crippen molar-refractivity contribution in [3.63, 3.8) is 0 Å². The Morgan fingerprint density at radius 3 is 2.04 bits per heavy atom. The Hall–Kier alpha value is -2.40.